The Bertz CT molecular complexity index is 505. The first-order chi connectivity index (χ1) is 8.88. The number of nitrogens with one attached hydrogen (secondary N) is 1. The maximum Gasteiger partial charge on any atom is 0.0600 e. The predicted octanol–water partition coefficient (Wildman–Crippen LogP) is 2.30. The molecule has 0 fully saturated rings. The van der Waals surface area contributed by atoms with Crippen LogP contribution >= 0.6 is 11.8 Å². The van der Waals surface area contributed by atoms with Gasteiger partial charge >= 0.3 is 0 Å². The number of aromatic nitrogens is 1. The summed E-state index contributed by atoms with van der Waals surface area (Å²) in [7, 11) is 0. The number of pyridine rings is 1. The van der Waals surface area contributed by atoms with Crippen LogP contribution in [0.15, 0.2) is 53.7 Å². The topological polar surface area (TPSA) is 50.9 Å². The van der Waals surface area contributed by atoms with Crippen molar-refractivity contribution in [2.75, 3.05) is 0 Å². The van der Waals surface area contributed by atoms with Gasteiger partial charge in [-0.2, -0.15) is 0 Å². The Morgan fingerprint density at radius 1 is 1.28 bits per heavy atom. The Labute approximate surface area is 111 Å². The SMILES string of the molecule is NNC(c1cccnc1)C1Cc2ccccc2S1. The number of nitrogens with two attached hydrogens (primary N) is 1. The molecule has 1 aliphatic heterocycles. The molecule has 1 aromatic heterocycles. The van der Waals surface area contributed by atoms with Crippen molar-refractivity contribution in [3.63, 3.8) is 0 Å². The lowest BCUT2D eigenvalue weighted by Gasteiger charge is -2.21. The summed E-state index contributed by atoms with van der Waals surface area (Å²) in [5.41, 5.74) is 5.49. The van der Waals surface area contributed by atoms with Crippen molar-refractivity contribution in [2.45, 2.75) is 22.6 Å². The molecule has 0 aliphatic carbocycles. The maximum atomic E-state index is 5.73. The Morgan fingerprint density at radius 2 is 2.17 bits per heavy atom. The third-order valence-electron chi connectivity index (χ3n) is 3.27. The van der Waals surface area contributed by atoms with E-state index in [4.69, 9.17) is 5.84 Å². The second-order valence-electron chi connectivity index (χ2n) is 4.40. The number of benzene rings is 1. The zero-order chi connectivity index (χ0) is 12.4. The molecule has 3 N–H and O–H groups in total. The molecule has 2 heterocycles. The fourth-order valence-corrected chi connectivity index (χ4v) is 3.79. The molecule has 0 radical (unpaired) electrons. The second-order valence-corrected chi connectivity index (χ2v) is 5.68. The first-order valence-electron chi connectivity index (χ1n) is 5.99. The number of thioether (sulfide) groups is 1. The van der Waals surface area contributed by atoms with Crippen LogP contribution in [0.2, 0.25) is 0 Å². The van der Waals surface area contributed by atoms with Gasteiger partial charge in [-0.05, 0) is 29.7 Å². The summed E-state index contributed by atoms with van der Waals surface area (Å²) in [6.45, 7) is 0. The maximum absolute atomic E-state index is 5.73. The molecule has 3 rings (SSSR count). The van der Waals surface area contributed by atoms with Crippen molar-refractivity contribution in [1.82, 2.24) is 10.4 Å². The van der Waals surface area contributed by atoms with Gasteiger partial charge in [-0.1, -0.05) is 24.3 Å². The molecule has 92 valence electrons. The number of nitrogens with zero attached hydrogens (tertiary/aromatic N) is 1. The average molecular weight is 257 g/mol. The van der Waals surface area contributed by atoms with E-state index < -0.39 is 0 Å². The second kappa shape index (κ2) is 5.10. The van der Waals surface area contributed by atoms with Crippen LogP contribution < -0.4 is 11.3 Å². The van der Waals surface area contributed by atoms with E-state index in [1.54, 1.807) is 6.20 Å². The highest BCUT2D eigenvalue weighted by Crippen LogP contribution is 2.42. The van der Waals surface area contributed by atoms with Crippen LogP contribution in [0.1, 0.15) is 17.2 Å². The summed E-state index contributed by atoms with van der Waals surface area (Å²) < 4.78 is 0. The van der Waals surface area contributed by atoms with Crippen LogP contribution in [0, 0.1) is 0 Å². The molecule has 18 heavy (non-hydrogen) atoms. The largest absolute Gasteiger partial charge is 0.271 e. The van der Waals surface area contributed by atoms with Crippen molar-refractivity contribution < 1.29 is 0 Å². The van der Waals surface area contributed by atoms with E-state index in [9.17, 15) is 0 Å². The number of rotatable bonds is 3. The fourth-order valence-electron chi connectivity index (χ4n) is 2.37. The Morgan fingerprint density at radius 3 is 2.89 bits per heavy atom. The molecular formula is C14H15N3S. The lowest BCUT2D eigenvalue weighted by atomic mass is 10.0. The van der Waals surface area contributed by atoms with Gasteiger partial charge in [0.05, 0.1) is 6.04 Å². The van der Waals surface area contributed by atoms with Gasteiger partial charge in [0.1, 0.15) is 0 Å². The molecule has 2 atom stereocenters. The van der Waals surface area contributed by atoms with Gasteiger partial charge in [0, 0.05) is 22.5 Å². The molecule has 0 saturated heterocycles. The molecule has 0 saturated carbocycles. The normalized spacial score (nSPS) is 19.5. The smallest absolute Gasteiger partial charge is 0.0600 e. The number of hydrazine groups is 1. The average Bonchev–Trinajstić information content (AvgIpc) is 2.84. The van der Waals surface area contributed by atoms with Crippen molar-refractivity contribution in [3.8, 4) is 0 Å². The van der Waals surface area contributed by atoms with E-state index in [2.05, 4.69) is 40.7 Å². The highest BCUT2D eigenvalue weighted by Gasteiger charge is 2.29. The van der Waals surface area contributed by atoms with Crippen LogP contribution in [-0.4, -0.2) is 10.2 Å². The number of hydrogen-bond acceptors (Lipinski definition) is 4. The minimum atomic E-state index is 0.135. The van der Waals surface area contributed by atoms with E-state index in [-0.39, 0.29) is 6.04 Å². The van der Waals surface area contributed by atoms with Crippen LogP contribution in [0.3, 0.4) is 0 Å². The van der Waals surface area contributed by atoms with Crippen LogP contribution in [-0.2, 0) is 6.42 Å². The Kier molecular flexibility index (Phi) is 3.32. The summed E-state index contributed by atoms with van der Waals surface area (Å²) >= 11 is 1.89. The van der Waals surface area contributed by atoms with E-state index in [1.165, 1.54) is 10.5 Å². The summed E-state index contributed by atoms with van der Waals surface area (Å²) in [5.74, 6) is 5.73. The molecule has 1 aliphatic rings. The standard InChI is InChI=1S/C14H15N3S/c15-17-14(11-5-3-7-16-9-11)13-8-10-4-1-2-6-12(10)18-13/h1-7,9,13-14,17H,8,15H2. The summed E-state index contributed by atoms with van der Waals surface area (Å²) in [6.07, 6.45) is 4.71. The summed E-state index contributed by atoms with van der Waals surface area (Å²) in [4.78, 5) is 5.54. The first-order valence-corrected chi connectivity index (χ1v) is 6.87. The van der Waals surface area contributed by atoms with Crippen molar-refractivity contribution in [3.05, 3.63) is 59.9 Å². The van der Waals surface area contributed by atoms with Crippen LogP contribution in [0.25, 0.3) is 0 Å². The molecule has 0 bridgehead atoms. The highest BCUT2D eigenvalue weighted by atomic mass is 32.2. The van der Waals surface area contributed by atoms with E-state index in [0.29, 0.717) is 5.25 Å². The van der Waals surface area contributed by atoms with Crippen LogP contribution in [0.5, 0.6) is 0 Å². The van der Waals surface area contributed by atoms with Gasteiger partial charge in [0.2, 0.25) is 0 Å². The quantitative estimate of drug-likeness (QED) is 0.654. The van der Waals surface area contributed by atoms with Crippen molar-refractivity contribution >= 4 is 11.8 Å². The highest BCUT2D eigenvalue weighted by molar-refractivity contribution is 8.00. The minimum Gasteiger partial charge on any atom is -0.271 e. The third-order valence-corrected chi connectivity index (χ3v) is 4.66. The first kappa shape index (κ1) is 11.7. The minimum absolute atomic E-state index is 0.135. The molecule has 1 aromatic carbocycles. The van der Waals surface area contributed by atoms with Gasteiger partial charge in [0.25, 0.3) is 0 Å². The fraction of sp³-hybridized carbons (Fsp3) is 0.214. The molecule has 0 spiro atoms. The van der Waals surface area contributed by atoms with Crippen molar-refractivity contribution in [1.29, 1.82) is 0 Å². The molecule has 0 amide bonds. The summed E-state index contributed by atoms with van der Waals surface area (Å²) in [5, 5.41) is 0.427. The Balaban J connectivity index is 1.84. The molecule has 4 heteroatoms. The number of fused-ring (bicyclic) bond motifs is 1. The van der Waals surface area contributed by atoms with Gasteiger partial charge in [-0.3, -0.25) is 16.3 Å². The zero-order valence-corrected chi connectivity index (χ0v) is 10.7. The van der Waals surface area contributed by atoms with Crippen LogP contribution in [0.4, 0.5) is 0 Å². The monoisotopic (exact) mass is 257 g/mol. The number of hydrogen-bond donors (Lipinski definition) is 2. The van der Waals surface area contributed by atoms with Crippen molar-refractivity contribution in [2.24, 2.45) is 5.84 Å². The molecule has 2 unspecified atom stereocenters. The zero-order valence-electron chi connectivity index (χ0n) is 9.91. The third kappa shape index (κ3) is 2.14. The lowest BCUT2D eigenvalue weighted by Crippen LogP contribution is -2.35. The molecule has 3 nitrogen and oxygen atoms in total. The van der Waals surface area contributed by atoms with Gasteiger partial charge < -0.3 is 0 Å². The van der Waals surface area contributed by atoms with E-state index in [0.717, 1.165) is 12.0 Å². The van der Waals surface area contributed by atoms with Gasteiger partial charge in [0.15, 0.2) is 0 Å². The van der Waals surface area contributed by atoms with E-state index in [1.807, 2.05) is 24.0 Å². The molecular weight excluding hydrogens is 242 g/mol. The predicted molar refractivity (Wildman–Crippen MR) is 74.1 cm³/mol. The molecule has 2 aromatic rings. The Hall–Kier alpha value is -1.36. The lowest BCUT2D eigenvalue weighted by molar-refractivity contribution is 0.531. The summed E-state index contributed by atoms with van der Waals surface area (Å²) in [6, 6.07) is 12.7. The van der Waals surface area contributed by atoms with Gasteiger partial charge in [-0.25, -0.2) is 0 Å². The van der Waals surface area contributed by atoms with Gasteiger partial charge in [-0.15, -0.1) is 11.8 Å². The van der Waals surface area contributed by atoms with E-state index >= 15 is 0 Å².